The number of hydrogen-bond donors (Lipinski definition) is 1. The number of methoxy groups -OCH3 is 1. The molecule has 0 rings (SSSR count). The lowest BCUT2D eigenvalue weighted by Crippen LogP contribution is -2.28. The largest absolute Gasteiger partial charge is 0.388 e. The quantitative estimate of drug-likeness (QED) is 0.346. The summed E-state index contributed by atoms with van der Waals surface area (Å²) in [7, 11) is -1.86. The van der Waals surface area contributed by atoms with E-state index in [0.29, 0.717) is 12.2 Å². The van der Waals surface area contributed by atoms with E-state index in [4.69, 9.17) is 9.47 Å². The van der Waals surface area contributed by atoms with E-state index in [1.807, 2.05) is 0 Å². The zero-order valence-electron chi connectivity index (χ0n) is 14.9. The van der Waals surface area contributed by atoms with Crippen LogP contribution in [0.15, 0.2) is 11.6 Å². The van der Waals surface area contributed by atoms with Gasteiger partial charge in [0, 0.05) is 13.0 Å². The number of aliphatic hydroxyl groups excluding tert-OH is 1. The van der Waals surface area contributed by atoms with Gasteiger partial charge in [0.05, 0.1) is 23.7 Å². The minimum atomic E-state index is -3.36. The molecule has 6 nitrogen and oxygen atoms in total. The van der Waals surface area contributed by atoms with E-state index in [1.165, 1.54) is 20.1 Å². The maximum Gasteiger partial charge on any atom is 0.156 e. The van der Waals surface area contributed by atoms with Crippen molar-refractivity contribution in [1.29, 1.82) is 0 Å². The topological polar surface area (TPSA) is 89.9 Å². The highest BCUT2D eigenvalue weighted by Crippen LogP contribution is 2.17. The Labute approximate surface area is 139 Å². The van der Waals surface area contributed by atoms with E-state index in [2.05, 4.69) is 0 Å². The zero-order chi connectivity index (χ0) is 18.2. The van der Waals surface area contributed by atoms with Gasteiger partial charge in [-0.2, -0.15) is 0 Å². The highest BCUT2D eigenvalue weighted by Gasteiger charge is 2.25. The van der Waals surface area contributed by atoms with Crippen molar-refractivity contribution >= 4 is 15.6 Å². The van der Waals surface area contributed by atoms with E-state index in [-0.39, 0.29) is 24.2 Å². The molecular formula is C16H30O6S. The molecule has 0 bridgehead atoms. The summed E-state index contributed by atoms with van der Waals surface area (Å²) in [5.74, 6) is -0.861. The van der Waals surface area contributed by atoms with Gasteiger partial charge in [0.2, 0.25) is 0 Å². The van der Waals surface area contributed by atoms with Crippen molar-refractivity contribution in [2.45, 2.75) is 46.0 Å². The highest BCUT2D eigenvalue weighted by atomic mass is 32.2. The van der Waals surface area contributed by atoms with Gasteiger partial charge in [-0.1, -0.05) is 19.9 Å². The third-order valence-electron chi connectivity index (χ3n) is 3.77. The van der Waals surface area contributed by atoms with Crippen LogP contribution < -0.4 is 0 Å². The molecule has 0 aromatic carbocycles. The second-order valence-corrected chi connectivity index (χ2v) is 8.57. The van der Waals surface area contributed by atoms with Gasteiger partial charge in [-0.3, -0.25) is 4.79 Å². The summed E-state index contributed by atoms with van der Waals surface area (Å²) in [5, 5.41) is 9.34. The van der Waals surface area contributed by atoms with Crippen molar-refractivity contribution in [3.63, 3.8) is 0 Å². The molecule has 23 heavy (non-hydrogen) atoms. The number of carbonyl (C=O) groups excluding carboxylic acids is 1. The van der Waals surface area contributed by atoms with Crippen LogP contribution in [0.2, 0.25) is 0 Å². The average Bonchev–Trinajstić information content (AvgIpc) is 2.44. The Morgan fingerprint density at radius 3 is 2.26 bits per heavy atom. The summed E-state index contributed by atoms with van der Waals surface area (Å²) >= 11 is 0. The van der Waals surface area contributed by atoms with Crippen LogP contribution in [0.25, 0.3) is 0 Å². The molecule has 0 aromatic rings. The first-order valence-corrected chi connectivity index (χ1v) is 9.39. The van der Waals surface area contributed by atoms with Crippen molar-refractivity contribution in [1.82, 2.24) is 0 Å². The first kappa shape index (κ1) is 22.2. The van der Waals surface area contributed by atoms with Crippen LogP contribution in [0, 0.1) is 11.8 Å². The van der Waals surface area contributed by atoms with Crippen molar-refractivity contribution in [2.75, 3.05) is 26.3 Å². The van der Waals surface area contributed by atoms with E-state index in [9.17, 15) is 18.3 Å². The number of ether oxygens (including phenoxy) is 2. The maximum absolute atomic E-state index is 12.4. The van der Waals surface area contributed by atoms with Gasteiger partial charge in [-0.05, 0) is 32.3 Å². The molecular weight excluding hydrogens is 320 g/mol. The van der Waals surface area contributed by atoms with E-state index < -0.39 is 27.1 Å². The summed E-state index contributed by atoms with van der Waals surface area (Å²) in [6, 6.07) is 0. The van der Waals surface area contributed by atoms with Gasteiger partial charge in [0.15, 0.2) is 9.84 Å². The standard InChI is InChI=1S/C16H30O6S/c1-11(8-22-10-21-6)9-23(19,20)13(3)7-12(2)16(18)14(4)15(5)17/h7,11,13-14,16,18H,8-10H2,1-6H3/b12-7+/t11-,13?,14?,16?/m0/s1. The first-order chi connectivity index (χ1) is 10.5. The zero-order valence-corrected chi connectivity index (χ0v) is 15.7. The Morgan fingerprint density at radius 2 is 1.78 bits per heavy atom. The number of hydrogen-bond acceptors (Lipinski definition) is 6. The fourth-order valence-corrected chi connectivity index (χ4v) is 3.73. The highest BCUT2D eigenvalue weighted by molar-refractivity contribution is 7.92. The van der Waals surface area contributed by atoms with E-state index in [0.717, 1.165) is 0 Å². The minimum absolute atomic E-state index is 0.0139. The minimum Gasteiger partial charge on any atom is -0.388 e. The number of ketones is 1. The second-order valence-electron chi connectivity index (χ2n) is 6.17. The molecule has 0 aromatic heterocycles. The molecule has 0 aliphatic heterocycles. The third-order valence-corrected chi connectivity index (χ3v) is 6.07. The van der Waals surface area contributed by atoms with Crippen LogP contribution in [0.4, 0.5) is 0 Å². The van der Waals surface area contributed by atoms with Crippen LogP contribution in [-0.2, 0) is 24.1 Å². The number of carbonyl (C=O) groups is 1. The SMILES string of the molecule is COCOC[C@H](C)CS(=O)(=O)C(C)/C=C(\C)C(O)C(C)C(C)=O. The maximum atomic E-state index is 12.4. The Morgan fingerprint density at radius 1 is 1.22 bits per heavy atom. The lowest BCUT2D eigenvalue weighted by atomic mass is 9.94. The van der Waals surface area contributed by atoms with Crippen LogP contribution in [-0.4, -0.2) is 56.9 Å². The number of sulfone groups is 1. The molecule has 0 saturated carbocycles. The molecule has 0 aliphatic rings. The molecule has 0 heterocycles. The number of Topliss-reactive ketones (excluding diaryl/α,β-unsaturated/α-hetero) is 1. The number of aliphatic hydroxyl groups is 1. The fraction of sp³-hybridized carbons (Fsp3) is 0.812. The van der Waals surface area contributed by atoms with Gasteiger partial charge in [-0.25, -0.2) is 8.42 Å². The normalized spacial score (nSPS) is 18.3. The van der Waals surface area contributed by atoms with Gasteiger partial charge in [-0.15, -0.1) is 0 Å². The Balaban J connectivity index is 4.82. The third kappa shape index (κ3) is 8.06. The summed E-state index contributed by atoms with van der Waals surface area (Å²) in [6.45, 7) is 8.47. The van der Waals surface area contributed by atoms with E-state index >= 15 is 0 Å². The monoisotopic (exact) mass is 350 g/mol. The second kappa shape index (κ2) is 10.2. The molecule has 0 spiro atoms. The molecule has 0 amide bonds. The van der Waals surface area contributed by atoms with Crippen LogP contribution in [0.1, 0.15) is 34.6 Å². The van der Waals surface area contributed by atoms with Crippen LogP contribution >= 0.6 is 0 Å². The smallest absolute Gasteiger partial charge is 0.156 e. The predicted molar refractivity (Wildman–Crippen MR) is 89.8 cm³/mol. The lowest BCUT2D eigenvalue weighted by molar-refractivity contribution is -0.122. The predicted octanol–water partition coefficient (Wildman–Crippen LogP) is 1.58. The molecule has 7 heteroatoms. The van der Waals surface area contributed by atoms with Gasteiger partial charge in [0.1, 0.15) is 12.6 Å². The molecule has 136 valence electrons. The van der Waals surface area contributed by atoms with Crippen molar-refractivity contribution in [3.05, 3.63) is 11.6 Å². The van der Waals surface area contributed by atoms with Gasteiger partial charge >= 0.3 is 0 Å². The Bertz CT molecular complexity index is 497. The number of rotatable bonds is 11. The lowest BCUT2D eigenvalue weighted by Gasteiger charge is -2.19. The molecule has 0 aliphatic carbocycles. The molecule has 4 atom stereocenters. The molecule has 0 saturated heterocycles. The fourth-order valence-electron chi connectivity index (χ4n) is 2.12. The molecule has 1 N–H and O–H groups in total. The first-order valence-electron chi connectivity index (χ1n) is 7.68. The summed E-state index contributed by atoms with van der Waals surface area (Å²) in [6.07, 6.45) is 0.551. The Hall–Kier alpha value is -0.760. The summed E-state index contributed by atoms with van der Waals surface area (Å²) in [5.41, 5.74) is 0.493. The van der Waals surface area contributed by atoms with Crippen molar-refractivity contribution < 1.29 is 27.8 Å². The average molecular weight is 350 g/mol. The van der Waals surface area contributed by atoms with Crippen LogP contribution in [0.5, 0.6) is 0 Å². The molecule has 0 radical (unpaired) electrons. The Kier molecular flexibility index (Phi) is 9.84. The summed E-state index contributed by atoms with van der Waals surface area (Å²) < 4.78 is 34.6. The van der Waals surface area contributed by atoms with Gasteiger partial charge in [0.25, 0.3) is 0 Å². The van der Waals surface area contributed by atoms with E-state index in [1.54, 1.807) is 27.7 Å². The van der Waals surface area contributed by atoms with Crippen molar-refractivity contribution in [3.8, 4) is 0 Å². The van der Waals surface area contributed by atoms with Crippen LogP contribution in [0.3, 0.4) is 0 Å². The molecule has 3 unspecified atom stereocenters. The van der Waals surface area contributed by atoms with Gasteiger partial charge < -0.3 is 14.6 Å². The summed E-state index contributed by atoms with van der Waals surface area (Å²) in [4.78, 5) is 11.3. The van der Waals surface area contributed by atoms with Crippen molar-refractivity contribution in [2.24, 2.45) is 11.8 Å². The molecule has 0 fully saturated rings.